The Balaban J connectivity index is 1.95. The Hall–Kier alpha value is -2.13. The molecule has 1 aromatic carbocycles. The Morgan fingerprint density at radius 3 is 2.62 bits per heavy atom. The Kier molecular flexibility index (Phi) is 3.52. The highest BCUT2D eigenvalue weighted by atomic mass is 32.2. The molecule has 21 heavy (non-hydrogen) atoms. The van der Waals surface area contributed by atoms with Gasteiger partial charge in [0, 0.05) is 5.38 Å². The molecule has 2 heterocycles. The second-order valence-electron chi connectivity index (χ2n) is 4.20. The molecule has 6 nitrogen and oxygen atoms in total. The summed E-state index contributed by atoms with van der Waals surface area (Å²) in [4.78, 5) is 0.237. The lowest BCUT2D eigenvalue weighted by atomic mass is 10.3. The molecule has 0 atom stereocenters. The van der Waals surface area contributed by atoms with E-state index in [4.69, 9.17) is 0 Å². The average Bonchev–Trinajstić information content (AvgIpc) is 3.10. The summed E-state index contributed by atoms with van der Waals surface area (Å²) < 4.78 is 38.7. The molecule has 3 aromatic rings. The molecule has 0 aliphatic carbocycles. The van der Waals surface area contributed by atoms with Crippen LogP contribution in [0.25, 0.3) is 5.69 Å². The number of nitrogens with zero attached hydrogens (tertiary/aromatic N) is 4. The molecule has 0 saturated heterocycles. The van der Waals surface area contributed by atoms with Crippen LogP contribution >= 0.6 is 11.3 Å². The van der Waals surface area contributed by atoms with Gasteiger partial charge in [-0.05, 0) is 46.1 Å². The van der Waals surface area contributed by atoms with Gasteiger partial charge in [-0.15, -0.1) is 5.10 Å². The molecular weight excluding hydrogens is 315 g/mol. The molecule has 9 heteroatoms. The largest absolute Gasteiger partial charge is 0.223 e. The number of benzene rings is 1. The van der Waals surface area contributed by atoms with Crippen molar-refractivity contribution in [3.05, 3.63) is 52.7 Å². The number of aromatic nitrogens is 4. The number of tetrazole rings is 1. The van der Waals surface area contributed by atoms with E-state index in [1.54, 1.807) is 10.8 Å². The van der Waals surface area contributed by atoms with E-state index >= 15 is 0 Å². The third-order valence-electron chi connectivity index (χ3n) is 2.78. The van der Waals surface area contributed by atoms with Gasteiger partial charge < -0.3 is 0 Å². The molecule has 0 fully saturated rings. The third-order valence-corrected chi connectivity index (χ3v) is 5.22. The Morgan fingerprint density at radius 1 is 1.19 bits per heavy atom. The standard InChI is InChI=1S/C12H9FN4O2S2/c13-9-1-3-10(4-2-9)17-12(14-15-16-17)8-21(18,19)11-5-6-20-7-11/h1-7H,8H2. The Labute approximate surface area is 123 Å². The van der Waals surface area contributed by atoms with E-state index in [0.717, 1.165) is 0 Å². The van der Waals surface area contributed by atoms with Crippen molar-refractivity contribution in [3.8, 4) is 5.69 Å². The van der Waals surface area contributed by atoms with Crippen molar-refractivity contribution >= 4 is 21.2 Å². The highest BCUT2D eigenvalue weighted by molar-refractivity contribution is 7.90. The molecule has 0 radical (unpaired) electrons. The molecular formula is C12H9FN4O2S2. The lowest BCUT2D eigenvalue weighted by Crippen LogP contribution is -2.10. The molecule has 108 valence electrons. The molecule has 0 unspecified atom stereocenters. The van der Waals surface area contributed by atoms with Crippen LogP contribution in [0.1, 0.15) is 5.82 Å². The fraction of sp³-hybridized carbons (Fsp3) is 0.0833. The fourth-order valence-corrected chi connectivity index (χ4v) is 4.08. The van der Waals surface area contributed by atoms with Crippen LogP contribution in [0, 0.1) is 5.82 Å². The van der Waals surface area contributed by atoms with E-state index in [1.165, 1.54) is 46.4 Å². The lowest BCUT2D eigenvalue weighted by Gasteiger charge is -2.04. The van der Waals surface area contributed by atoms with E-state index in [0.29, 0.717) is 5.69 Å². The van der Waals surface area contributed by atoms with Gasteiger partial charge in [0.2, 0.25) is 0 Å². The summed E-state index contributed by atoms with van der Waals surface area (Å²) in [5.41, 5.74) is 0.497. The summed E-state index contributed by atoms with van der Waals surface area (Å²) in [6, 6.07) is 7.01. The highest BCUT2D eigenvalue weighted by Crippen LogP contribution is 2.19. The van der Waals surface area contributed by atoms with Crippen molar-refractivity contribution < 1.29 is 12.8 Å². The molecule has 3 rings (SSSR count). The first-order chi connectivity index (χ1) is 10.1. The summed E-state index contributed by atoms with van der Waals surface area (Å²) in [6.07, 6.45) is 0. The molecule has 0 spiro atoms. The number of sulfone groups is 1. The number of halogens is 1. The zero-order chi connectivity index (χ0) is 14.9. The van der Waals surface area contributed by atoms with E-state index in [9.17, 15) is 12.8 Å². The maximum Gasteiger partial charge on any atom is 0.186 e. The minimum atomic E-state index is -3.51. The van der Waals surface area contributed by atoms with Gasteiger partial charge in [0.1, 0.15) is 11.6 Å². The van der Waals surface area contributed by atoms with E-state index in [2.05, 4.69) is 15.5 Å². The van der Waals surface area contributed by atoms with Gasteiger partial charge in [-0.2, -0.15) is 16.0 Å². The first-order valence-electron chi connectivity index (χ1n) is 5.84. The SMILES string of the molecule is O=S(=O)(Cc1nnnn1-c1ccc(F)cc1)c1ccsc1. The monoisotopic (exact) mass is 324 g/mol. The van der Waals surface area contributed by atoms with Gasteiger partial charge in [-0.1, -0.05) is 0 Å². The number of hydrogen-bond donors (Lipinski definition) is 0. The van der Waals surface area contributed by atoms with E-state index in [1.807, 2.05) is 0 Å². The highest BCUT2D eigenvalue weighted by Gasteiger charge is 2.20. The molecule has 0 saturated carbocycles. The van der Waals surface area contributed by atoms with E-state index in [-0.39, 0.29) is 22.3 Å². The molecule has 0 N–H and O–H groups in total. The van der Waals surface area contributed by atoms with Gasteiger partial charge in [-0.3, -0.25) is 0 Å². The molecule has 0 aliphatic heterocycles. The predicted octanol–water partition coefficient (Wildman–Crippen LogP) is 1.84. The topological polar surface area (TPSA) is 77.7 Å². The van der Waals surface area contributed by atoms with Crippen molar-refractivity contribution in [2.45, 2.75) is 10.6 Å². The van der Waals surface area contributed by atoms with Crippen molar-refractivity contribution in [1.82, 2.24) is 20.2 Å². The second-order valence-corrected chi connectivity index (χ2v) is 6.97. The van der Waals surface area contributed by atoms with Gasteiger partial charge in [-0.25, -0.2) is 12.8 Å². The molecule has 0 bridgehead atoms. The lowest BCUT2D eigenvalue weighted by molar-refractivity contribution is 0.593. The first kappa shape index (κ1) is 13.8. The van der Waals surface area contributed by atoms with Crippen LogP contribution in [-0.2, 0) is 15.6 Å². The molecule has 2 aromatic heterocycles. The zero-order valence-electron chi connectivity index (χ0n) is 10.5. The average molecular weight is 324 g/mol. The minimum Gasteiger partial charge on any atom is -0.223 e. The number of thiophene rings is 1. The third kappa shape index (κ3) is 2.83. The van der Waals surface area contributed by atoms with Gasteiger partial charge in [0.15, 0.2) is 15.7 Å². The summed E-state index contributed by atoms with van der Waals surface area (Å²) in [5.74, 6) is -0.541. The second kappa shape index (κ2) is 5.34. The van der Waals surface area contributed by atoms with Crippen molar-refractivity contribution in [2.75, 3.05) is 0 Å². The maximum absolute atomic E-state index is 12.9. The smallest absolute Gasteiger partial charge is 0.186 e. The van der Waals surface area contributed by atoms with Crippen LogP contribution in [-0.4, -0.2) is 28.6 Å². The van der Waals surface area contributed by atoms with Crippen LogP contribution in [0.15, 0.2) is 46.0 Å². The van der Waals surface area contributed by atoms with Crippen LogP contribution in [0.3, 0.4) is 0 Å². The maximum atomic E-state index is 12.9. The Morgan fingerprint density at radius 2 is 1.95 bits per heavy atom. The summed E-state index contributed by atoms with van der Waals surface area (Å²) in [5, 5.41) is 14.2. The first-order valence-corrected chi connectivity index (χ1v) is 8.44. The summed E-state index contributed by atoms with van der Waals surface area (Å²) in [6.45, 7) is 0. The van der Waals surface area contributed by atoms with E-state index < -0.39 is 9.84 Å². The van der Waals surface area contributed by atoms with Crippen LogP contribution in [0.5, 0.6) is 0 Å². The predicted molar refractivity (Wildman–Crippen MR) is 74.3 cm³/mol. The fourth-order valence-electron chi connectivity index (χ4n) is 1.76. The minimum absolute atomic E-state index is 0.174. The van der Waals surface area contributed by atoms with Crippen molar-refractivity contribution in [1.29, 1.82) is 0 Å². The Bertz CT molecular complexity index is 842. The van der Waals surface area contributed by atoms with Crippen molar-refractivity contribution in [2.24, 2.45) is 0 Å². The van der Waals surface area contributed by atoms with Crippen LogP contribution in [0.2, 0.25) is 0 Å². The number of rotatable bonds is 4. The molecule has 0 amide bonds. The van der Waals surface area contributed by atoms with Crippen molar-refractivity contribution in [3.63, 3.8) is 0 Å². The van der Waals surface area contributed by atoms with Gasteiger partial charge >= 0.3 is 0 Å². The summed E-state index contributed by atoms with van der Waals surface area (Å²) >= 11 is 1.30. The van der Waals surface area contributed by atoms with Crippen LogP contribution in [0.4, 0.5) is 4.39 Å². The van der Waals surface area contributed by atoms with Gasteiger partial charge in [0.05, 0.1) is 10.6 Å². The molecule has 0 aliphatic rings. The van der Waals surface area contributed by atoms with Gasteiger partial charge in [0.25, 0.3) is 0 Å². The van der Waals surface area contributed by atoms with Crippen LogP contribution < -0.4 is 0 Å². The quantitative estimate of drug-likeness (QED) is 0.732. The number of hydrogen-bond acceptors (Lipinski definition) is 6. The zero-order valence-corrected chi connectivity index (χ0v) is 12.2. The summed E-state index contributed by atoms with van der Waals surface area (Å²) in [7, 11) is -3.51. The normalized spacial score (nSPS) is 11.7.